The molecule has 0 aliphatic heterocycles. The highest BCUT2D eigenvalue weighted by Gasteiger charge is 2.40. The van der Waals surface area contributed by atoms with Crippen LogP contribution in [0.15, 0.2) is 24.3 Å². The third-order valence-electron chi connectivity index (χ3n) is 5.47. The summed E-state index contributed by atoms with van der Waals surface area (Å²) in [6.07, 6.45) is 9.52. The predicted octanol–water partition coefficient (Wildman–Crippen LogP) is 5.11. The van der Waals surface area contributed by atoms with Gasteiger partial charge >= 0.3 is 0 Å². The Morgan fingerprint density at radius 3 is 2.42 bits per heavy atom. The molecule has 0 aromatic heterocycles. The van der Waals surface area contributed by atoms with Crippen LogP contribution < -0.4 is 0 Å². The van der Waals surface area contributed by atoms with Gasteiger partial charge in [-0.1, -0.05) is 50.5 Å². The lowest BCUT2D eigenvalue weighted by Crippen LogP contribution is -2.29. The fourth-order valence-corrected chi connectivity index (χ4v) is 3.86. The maximum atomic E-state index is 13.1. The molecule has 0 heterocycles. The topological polar surface area (TPSA) is 17.1 Å². The summed E-state index contributed by atoms with van der Waals surface area (Å²) >= 11 is 0. The number of carbonyl (C=O) groups is 1. The Labute approximate surface area is 116 Å². The predicted molar refractivity (Wildman–Crippen MR) is 78.6 cm³/mol. The van der Waals surface area contributed by atoms with E-state index in [0.717, 1.165) is 24.8 Å². The number of benzene rings is 1. The van der Waals surface area contributed by atoms with Gasteiger partial charge in [0.15, 0.2) is 5.78 Å². The summed E-state index contributed by atoms with van der Waals surface area (Å²) in [5, 5.41) is 0. The Morgan fingerprint density at radius 2 is 1.84 bits per heavy atom. The van der Waals surface area contributed by atoms with Crippen LogP contribution in [-0.2, 0) is 0 Å². The minimum absolute atomic E-state index is 0.0418. The van der Waals surface area contributed by atoms with E-state index in [2.05, 4.69) is 25.1 Å². The monoisotopic (exact) mass is 256 g/mol. The first-order valence-corrected chi connectivity index (χ1v) is 7.90. The summed E-state index contributed by atoms with van der Waals surface area (Å²) in [6, 6.07) is 8.40. The molecule has 0 bridgehead atoms. The van der Waals surface area contributed by atoms with Crippen LogP contribution in [0.4, 0.5) is 0 Å². The molecule has 0 atom stereocenters. The van der Waals surface area contributed by atoms with Crippen molar-refractivity contribution in [3.63, 3.8) is 0 Å². The van der Waals surface area contributed by atoms with Gasteiger partial charge in [-0.3, -0.25) is 4.79 Å². The van der Waals surface area contributed by atoms with E-state index in [4.69, 9.17) is 0 Å². The van der Waals surface area contributed by atoms with Crippen LogP contribution >= 0.6 is 0 Å². The second-order valence-electron chi connectivity index (χ2n) is 6.39. The van der Waals surface area contributed by atoms with Gasteiger partial charge in [-0.05, 0) is 43.6 Å². The van der Waals surface area contributed by atoms with Crippen molar-refractivity contribution in [1.29, 1.82) is 0 Å². The van der Waals surface area contributed by atoms with Crippen molar-refractivity contribution in [2.45, 2.75) is 64.2 Å². The Balaban J connectivity index is 1.94. The maximum Gasteiger partial charge on any atom is 0.169 e. The van der Waals surface area contributed by atoms with Gasteiger partial charge < -0.3 is 0 Å². The molecule has 3 rings (SSSR count). The average molecular weight is 256 g/mol. The van der Waals surface area contributed by atoms with Crippen molar-refractivity contribution in [3.05, 3.63) is 35.4 Å². The summed E-state index contributed by atoms with van der Waals surface area (Å²) in [5.74, 6) is 1.09. The van der Waals surface area contributed by atoms with Gasteiger partial charge in [0, 0.05) is 11.0 Å². The van der Waals surface area contributed by atoms with Gasteiger partial charge in [0.1, 0.15) is 0 Å². The lowest BCUT2D eigenvalue weighted by atomic mass is 9.72. The largest absolute Gasteiger partial charge is 0.294 e. The molecule has 0 spiro atoms. The summed E-state index contributed by atoms with van der Waals surface area (Å²) in [4.78, 5) is 13.1. The summed E-state index contributed by atoms with van der Waals surface area (Å²) in [6.45, 7) is 2.19. The van der Waals surface area contributed by atoms with Crippen molar-refractivity contribution >= 4 is 5.78 Å². The number of carbonyl (C=O) groups excluding carboxylic acids is 1. The van der Waals surface area contributed by atoms with E-state index >= 15 is 0 Å². The lowest BCUT2D eigenvalue weighted by molar-refractivity contribution is 0.0789. The first-order valence-electron chi connectivity index (χ1n) is 7.90. The first kappa shape index (κ1) is 12.9. The molecule has 2 fully saturated rings. The van der Waals surface area contributed by atoms with Crippen molar-refractivity contribution in [2.75, 3.05) is 0 Å². The quantitative estimate of drug-likeness (QED) is 0.684. The lowest BCUT2D eigenvalue weighted by Gasteiger charge is -2.31. The van der Waals surface area contributed by atoms with Crippen molar-refractivity contribution < 1.29 is 4.79 Å². The molecular weight excluding hydrogens is 232 g/mol. The van der Waals surface area contributed by atoms with Gasteiger partial charge in [-0.15, -0.1) is 0 Å². The zero-order valence-electron chi connectivity index (χ0n) is 12.0. The van der Waals surface area contributed by atoms with Crippen LogP contribution in [0.25, 0.3) is 0 Å². The van der Waals surface area contributed by atoms with Crippen molar-refractivity contribution in [2.24, 2.45) is 5.41 Å². The molecule has 1 nitrogen and oxygen atoms in total. The molecule has 0 N–H and O–H groups in total. The normalized spacial score (nSPS) is 22.2. The molecule has 2 aliphatic rings. The minimum Gasteiger partial charge on any atom is -0.294 e. The van der Waals surface area contributed by atoms with E-state index in [1.54, 1.807) is 0 Å². The molecule has 0 saturated heterocycles. The fraction of sp³-hybridized carbons (Fsp3) is 0.611. The summed E-state index contributed by atoms with van der Waals surface area (Å²) in [7, 11) is 0. The fourth-order valence-electron chi connectivity index (χ4n) is 3.86. The highest BCUT2D eigenvalue weighted by Crippen LogP contribution is 2.46. The number of rotatable bonds is 4. The van der Waals surface area contributed by atoms with Crippen molar-refractivity contribution in [1.82, 2.24) is 0 Å². The van der Waals surface area contributed by atoms with E-state index in [-0.39, 0.29) is 5.41 Å². The molecule has 0 unspecified atom stereocenters. The molecule has 102 valence electrons. The molecule has 2 aliphatic carbocycles. The van der Waals surface area contributed by atoms with Gasteiger partial charge in [-0.25, -0.2) is 0 Å². The van der Waals surface area contributed by atoms with E-state index in [1.807, 2.05) is 6.07 Å². The Hall–Kier alpha value is -1.11. The van der Waals surface area contributed by atoms with Gasteiger partial charge in [-0.2, -0.15) is 0 Å². The smallest absolute Gasteiger partial charge is 0.169 e. The standard InChI is InChI=1S/C18H24O/c1-2-18(12-5-6-13-18)17(19)16-11-4-3-10-15(16)14-8-7-9-14/h3-4,10-11,14H,2,5-9,12-13H2,1H3. The van der Waals surface area contributed by atoms with Crippen molar-refractivity contribution in [3.8, 4) is 0 Å². The summed E-state index contributed by atoms with van der Waals surface area (Å²) < 4.78 is 0. The van der Waals surface area contributed by atoms with E-state index < -0.39 is 0 Å². The molecular formula is C18H24O. The van der Waals surface area contributed by atoms with Crippen LogP contribution in [0.1, 0.15) is 80.1 Å². The minimum atomic E-state index is -0.0418. The average Bonchev–Trinajstić information content (AvgIpc) is 2.86. The van der Waals surface area contributed by atoms with Crippen LogP contribution in [0.5, 0.6) is 0 Å². The number of hydrogen-bond donors (Lipinski definition) is 0. The Bertz CT molecular complexity index is 464. The maximum absolute atomic E-state index is 13.1. The van der Waals surface area contributed by atoms with Gasteiger partial charge in [0.2, 0.25) is 0 Å². The summed E-state index contributed by atoms with van der Waals surface area (Å²) in [5.41, 5.74) is 2.33. The first-order chi connectivity index (χ1) is 9.27. The molecule has 2 saturated carbocycles. The zero-order chi connectivity index (χ0) is 13.3. The highest BCUT2D eigenvalue weighted by molar-refractivity contribution is 6.02. The highest BCUT2D eigenvalue weighted by atomic mass is 16.1. The number of Topliss-reactive ketones (excluding diaryl/α,β-unsaturated/α-hetero) is 1. The zero-order valence-corrected chi connectivity index (χ0v) is 12.0. The second kappa shape index (κ2) is 5.11. The second-order valence-corrected chi connectivity index (χ2v) is 6.39. The van der Waals surface area contributed by atoms with E-state index in [0.29, 0.717) is 11.7 Å². The van der Waals surface area contributed by atoms with Crippen LogP contribution in [0, 0.1) is 5.41 Å². The van der Waals surface area contributed by atoms with E-state index in [1.165, 1.54) is 37.7 Å². The van der Waals surface area contributed by atoms with E-state index in [9.17, 15) is 4.79 Å². The molecule has 1 aromatic rings. The number of ketones is 1. The molecule has 1 aromatic carbocycles. The van der Waals surface area contributed by atoms with Gasteiger partial charge in [0.25, 0.3) is 0 Å². The van der Waals surface area contributed by atoms with Crippen LogP contribution in [0.2, 0.25) is 0 Å². The molecule has 19 heavy (non-hydrogen) atoms. The number of hydrogen-bond acceptors (Lipinski definition) is 1. The van der Waals surface area contributed by atoms with Crippen LogP contribution in [0.3, 0.4) is 0 Å². The third kappa shape index (κ3) is 2.13. The third-order valence-corrected chi connectivity index (χ3v) is 5.47. The Kier molecular flexibility index (Phi) is 3.47. The SMILES string of the molecule is CCC1(C(=O)c2ccccc2C2CCC2)CCCC1. The molecule has 0 amide bonds. The molecule has 0 radical (unpaired) electrons. The van der Waals surface area contributed by atoms with Crippen LogP contribution in [-0.4, -0.2) is 5.78 Å². The molecule has 1 heteroatoms. The Morgan fingerprint density at radius 1 is 1.16 bits per heavy atom. The van der Waals surface area contributed by atoms with Gasteiger partial charge in [0.05, 0.1) is 0 Å².